The molecule has 3 rings (SSSR count). The molecule has 1 fully saturated rings. The van der Waals surface area contributed by atoms with Crippen molar-refractivity contribution in [3.05, 3.63) is 42.2 Å². The van der Waals surface area contributed by atoms with Crippen LogP contribution in [0.15, 0.2) is 30.6 Å². The number of aryl methyl sites for hydroxylation is 1. The zero-order valence-corrected chi connectivity index (χ0v) is 13.6. The number of benzene rings is 1. The van der Waals surface area contributed by atoms with Crippen LogP contribution >= 0.6 is 0 Å². The fourth-order valence-electron chi connectivity index (χ4n) is 2.51. The SMILES string of the molecule is Cc1nccn1-c1cccc(B2OC(C)(C)C(C)(C)O2)c1F. The standard InChI is InChI=1S/C16H20BFN2O2/c1-11-19-9-10-20(11)13-8-6-7-12(14(13)18)17-21-15(2,3)16(4,5)22-17/h6-10H,1-5H3. The predicted octanol–water partition coefficient (Wildman–Crippen LogP) is 2.62. The van der Waals surface area contributed by atoms with E-state index in [1.54, 1.807) is 35.2 Å². The molecule has 0 N–H and O–H groups in total. The summed E-state index contributed by atoms with van der Waals surface area (Å²) in [5.41, 5.74) is -0.137. The topological polar surface area (TPSA) is 36.3 Å². The Morgan fingerprint density at radius 1 is 1.14 bits per heavy atom. The van der Waals surface area contributed by atoms with Gasteiger partial charge in [0, 0.05) is 17.9 Å². The predicted molar refractivity (Wildman–Crippen MR) is 84.0 cm³/mol. The van der Waals surface area contributed by atoms with Crippen LogP contribution in [-0.2, 0) is 9.31 Å². The van der Waals surface area contributed by atoms with Crippen molar-refractivity contribution in [2.75, 3.05) is 0 Å². The van der Waals surface area contributed by atoms with Gasteiger partial charge in [-0.05, 0) is 40.7 Å². The third-order valence-corrected chi connectivity index (χ3v) is 4.60. The summed E-state index contributed by atoms with van der Waals surface area (Å²) >= 11 is 0. The third-order valence-electron chi connectivity index (χ3n) is 4.60. The molecule has 0 amide bonds. The van der Waals surface area contributed by atoms with Crippen molar-refractivity contribution < 1.29 is 13.7 Å². The van der Waals surface area contributed by atoms with Gasteiger partial charge in [-0.2, -0.15) is 0 Å². The summed E-state index contributed by atoms with van der Waals surface area (Å²) in [7, 11) is -0.714. The number of hydrogen-bond donors (Lipinski definition) is 0. The molecule has 2 aromatic rings. The van der Waals surface area contributed by atoms with E-state index >= 15 is 0 Å². The van der Waals surface area contributed by atoms with E-state index in [9.17, 15) is 4.39 Å². The molecule has 0 unspecified atom stereocenters. The lowest BCUT2D eigenvalue weighted by molar-refractivity contribution is 0.00578. The molecule has 0 spiro atoms. The van der Waals surface area contributed by atoms with Gasteiger partial charge in [0.2, 0.25) is 0 Å². The van der Waals surface area contributed by atoms with Gasteiger partial charge < -0.3 is 13.9 Å². The minimum Gasteiger partial charge on any atom is -0.399 e. The molecular weight excluding hydrogens is 282 g/mol. The first-order valence-corrected chi connectivity index (χ1v) is 7.37. The van der Waals surface area contributed by atoms with Crippen molar-refractivity contribution in [3.8, 4) is 5.69 Å². The van der Waals surface area contributed by atoms with Crippen molar-refractivity contribution in [2.24, 2.45) is 0 Å². The fraction of sp³-hybridized carbons (Fsp3) is 0.438. The fourth-order valence-corrected chi connectivity index (χ4v) is 2.51. The zero-order chi connectivity index (χ0) is 16.1. The highest BCUT2D eigenvalue weighted by molar-refractivity contribution is 6.62. The summed E-state index contributed by atoms with van der Waals surface area (Å²) in [6.45, 7) is 9.65. The Balaban J connectivity index is 2.02. The number of hydrogen-bond acceptors (Lipinski definition) is 3. The second kappa shape index (κ2) is 4.93. The molecule has 1 aliphatic heterocycles. The van der Waals surface area contributed by atoms with Crippen LogP contribution in [0.2, 0.25) is 0 Å². The van der Waals surface area contributed by atoms with Gasteiger partial charge in [-0.15, -0.1) is 0 Å². The van der Waals surface area contributed by atoms with E-state index < -0.39 is 18.3 Å². The van der Waals surface area contributed by atoms with E-state index in [1.165, 1.54) is 0 Å². The van der Waals surface area contributed by atoms with Crippen LogP contribution in [-0.4, -0.2) is 27.9 Å². The van der Waals surface area contributed by atoms with Crippen LogP contribution in [0.5, 0.6) is 0 Å². The molecule has 0 saturated carbocycles. The second-order valence-electron chi connectivity index (χ2n) is 6.61. The van der Waals surface area contributed by atoms with Crippen LogP contribution < -0.4 is 5.46 Å². The highest BCUT2D eigenvalue weighted by Crippen LogP contribution is 2.36. The molecule has 0 bridgehead atoms. The van der Waals surface area contributed by atoms with Gasteiger partial charge in [-0.3, -0.25) is 0 Å². The van der Waals surface area contributed by atoms with Crippen molar-refractivity contribution in [3.63, 3.8) is 0 Å². The Morgan fingerprint density at radius 2 is 1.77 bits per heavy atom. The van der Waals surface area contributed by atoms with E-state index in [-0.39, 0.29) is 5.82 Å². The molecule has 2 heterocycles. The number of halogens is 1. The first kappa shape index (κ1) is 15.2. The Labute approximate surface area is 130 Å². The molecule has 0 atom stereocenters. The van der Waals surface area contributed by atoms with Gasteiger partial charge in [0.05, 0.1) is 16.9 Å². The highest BCUT2D eigenvalue weighted by atomic mass is 19.1. The van der Waals surface area contributed by atoms with Crippen LogP contribution in [0.3, 0.4) is 0 Å². The van der Waals surface area contributed by atoms with E-state index in [0.29, 0.717) is 11.2 Å². The maximum Gasteiger partial charge on any atom is 0.497 e. The van der Waals surface area contributed by atoms with Gasteiger partial charge >= 0.3 is 7.12 Å². The van der Waals surface area contributed by atoms with Crippen LogP contribution in [0.1, 0.15) is 33.5 Å². The maximum atomic E-state index is 15.0. The summed E-state index contributed by atoms with van der Waals surface area (Å²) in [5, 5.41) is 0. The van der Waals surface area contributed by atoms with E-state index in [0.717, 1.165) is 5.82 Å². The molecule has 1 aromatic heterocycles. The Bertz CT molecular complexity index is 696. The summed E-state index contributed by atoms with van der Waals surface area (Å²) < 4.78 is 28.6. The highest BCUT2D eigenvalue weighted by Gasteiger charge is 2.52. The Kier molecular flexibility index (Phi) is 3.42. The minimum absolute atomic E-state index is 0.345. The zero-order valence-electron chi connectivity index (χ0n) is 13.6. The van der Waals surface area contributed by atoms with Crippen LogP contribution in [0.4, 0.5) is 4.39 Å². The monoisotopic (exact) mass is 302 g/mol. The van der Waals surface area contributed by atoms with E-state index in [4.69, 9.17) is 9.31 Å². The van der Waals surface area contributed by atoms with Gasteiger partial charge in [0.1, 0.15) is 11.6 Å². The molecule has 6 heteroatoms. The molecule has 1 aromatic carbocycles. The van der Waals surface area contributed by atoms with Crippen molar-refractivity contribution in [1.29, 1.82) is 0 Å². The summed E-state index contributed by atoms with van der Waals surface area (Å²) in [5.74, 6) is 0.382. The van der Waals surface area contributed by atoms with Crippen molar-refractivity contribution in [2.45, 2.75) is 45.8 Å². The van der Waals surface area contributed by atoms with Crippen molar-refractivity contribution in [1.82, 2.24) is 9.55 Å². The lowest BCUT2D eigenvalue weighted by Gasteiger charge is -2.32. The summed E-state index contributed by atoms with van der Waals surface area (Å²) in [4.78, 5) is 4.14. The largest absolute Gasteiger partial charge is 0.497 e. The molecule has 4 nitrogen and oxygen atoms in total. The summed E-state index contributed by atoms with van der Waals surface area (Å²) in [6.07, 6.45) is 3.39. The van der Waals surface area contributed by atoms with E-state index in [2.05, 4.69) is 4.98 Å². The number of imidazole rings is 1. The first-order chi connectivity index (χ1) is 10.2. The average Bonchev–Trinajstić information content (AvgIpc) is 2.91. The molecule has 0 aliphatic carbocycles. The first-order valence-electron chi connectivity index (χ1n) is 7.37. The molecule has 1 saturated heterocycles. The number of nitrogens with zero attached hydrogens (tertiary/aromatic N) is 2. The lowest BCUT2D eigenvalue weighted by Crippen LogP contribution is -2.41. The van der Waals surface area contributed by atoms with Crippen molar-refractivity contribution >= 4 is 12.6 Å². The van der Waals surface area contributed by atoms with Gasteiger partial charge in [-0.25, -0.2) is 9.37 Å². The lowest BCUT2D eigenvalue weighted by atomic mass is 9.78. The van der Waals surface area contributed by atoms with Crippen LogP contribution in [0.25, 0.3) is 5.69 Å². The molecule has 0 radical (unpaired) electrons. The third kappa shape index (κ3) is 2.27. The van der Waals surface area contributed by atoms with Gasteiger partial charge in [0.25, 0.3) is 0 Å². The minimum atomic E-state index is -0.714. The average molecular weight is 302 g/mol. The normalized spacial score (nSPS) is 19.6. The maximum absolute atomic E-state index is 15.0. The molecule has 116 valence electrons. The molecule has 22 heavy (non-hydrogen) atoms. The van der Waals surface area contributed by atoms with Gasteiger partial charge in [0.15, 0.2) is 0 Å². The second-order valence-corrected chi connectivity index (χ2v) is 6.61. The number of aromatic nitrogens is 2. The number of rotatable bonds is 2. The van der Waals surface area contributed by atoms with Gasteiger partial charge in [-0.1, -0.05) is 12.1 Å². The van der Waals surface area contributed by atoms with E-state index in [1.807, 2.05) is 34.6 Å². The summed E-state index contributed by atoms with van der Waals surface area (Å²) in [6, 6.07) is 5.23. The van der Waals surface area contributed by atoms with Crippen LogP contribution in [0, 0.1) is 12.7 Å². The molecular formula is C16H20BFN2O2. The Morgan fingerprint density at radius 3 is 2.32 bits per heavy atom. The quantitative estimate of drug-likeness (QED) is 0.800. The smallest absolute Gasteiger partial charge is 0.399 e. The molecule has 1 aliphatic rings. The Hall–Kier alpha value is -1.66.